The van der Waals surface area contributed by atoms with E-state index in [9.17, 15) is 9.59 Å². The number of hydrogen-bond acceptors (Lipinski definition) is 4. The average molecular weight is 320 g/mol. The Labute approximate surface area is 134 Å². The maximum atomic E-state index is 11.7. The van der Waals surface area contributed by atoms with Gasteiger partial charge in [0.1, 0.15) is 0 Å². The molecule has 1 rings (SSSR count). The Balaban J connectivity index is 2.23. The lowest BCUT2D eigenvalue weighted by molar-refractivity contribution is -0.147. The van der Waals surface area contributed by atoms with Crippen LogP contribution in [0, 0.1) is 16.7 Å². The van der Waals surface area contributed by atoms with Gasteiger partial charge in [0, 0.05) is 12.3 Å². The Bertz CT molecular complexity index is 562. The van der Waals surface area contributed by atoms with E-state index in [4.69, 9.17) is 10.4 Å². The third kappa shape index (κ3) is 6.19. The minimum absolute atomic E-state index is 0.0974. The van der Waals surface area contributed by atoms with Crippen LogP contribution in [0.3, 0.4) is 0 Å². The van der Waals surface area contributed by atoms with Gasteiger partial charge in [-0.3, -0.25) is 9.59 Å². The van der Waals surface area contributed by atoms with Crippen molar-refractivity contribution in [2.75, 3.05) is 12.3 Å². The summed E-state index contributed by atoms with van der Waals surface area (Å²) in [6.07, 6.45) is 0.397. The highest BCUT2D eigenvalue weighted by molar-refractivity contribution is 7.99. The number of aliphatic carboxylic acids is 1. The molecule has 0 aromatic heterocycles. The van der Waals surface area contributed by atoms with E-state index in [0.717, 1.165) is 5.56 Å². The topological polar surface area (TPSA) is 90.2 Å². The number of benzene rings is 1. The van der Waals surface area contributed by atoms with Gasteiger partial charge in [-0.2, -0.15) is 5.26 Å². The molecule has 2 N–H and O–H groups in total. The minimum atomic E-state index is -0.864. The number of rotatable bonds is 8. The van der Waals surface area contributed by atoms with E-state index >= 15 is 0 Å². The van der Waals surface area contributed by atoms with Gasteiger partial charge < -0.3 is 10.4 Å². The maximum absolute atomic E-state index is 11.7. The molecule has 0 heterocycles. The largest absolute Gasteiger partial charge is 0.481 e. The summed E-state index contributed by atoms with van der Waals surface area (Å²) in [5.41, 5.74) is 0.847. The summed E-state index contributed by atoms with van der Waals surface area (Å²) in [4.78, 5) is 22.6. The van der Waals surface area contributed by atoms with Crippen molar-refractivity contribution in [2.24, 2.45) is 5.41 Å². The Morgan fingerprint density at radius 2 is 1.95 bits per heavy atom. The number of amides is 1. The number of nitriles is 1. The van der Waals surface area contributed by atoms with E-state index < -0.39 is 11.4 Å². The Hall–Kier alpha value is -2.00. The van der Waals surface area contributed by atoms with E-state index in [0.29, 0.717) is 30.0 Å². The van der Waals surface area contributed by atoms with E-state index in [2.05, 4.69) is 11.4 Å². The van der Waals surface area contributed by atoms with E-state index in [-0.39, 0.29) is 5.91 Å². The van der Waals surface area contributed by atoms with Crippen molar-refractivity contribution in [3.8, 4) is 6.07 Å². The van der Waals surface area contributed by atoms with Gasteiger partial charge in [-0.15, -0.1) is 11.8 Å². The summed E-state index contributed by atoms with van der Waals surface area (Å²) >= 11 is 1.48. The van der Waals surface area contributed by atoms with Crippen LogP contribution in [0.2, 0.25) is 0 Å². The van der Waals surface area contributed by atoms with Gasteiger partial charge in [-0.05, 0) is 38.0 Å². The fraction of sp³-hybridized carbons (Fsp3) is 0.438. The lowest BCUT2D eigenvalue weighted by Crippen LogP contribution is -2.32. The molecule has 0 aliphatic carbocycles. The molecular formula is C16H20N2O3S. The molecule has 0 aliphatic rings. The van der Waals surface area contributed by atoms with Crippen LogP contribution in [0.5, 0.6) is 0 Å². The average Bonchev–Trinajstić information content (AvgIpc) is 2.47. The van der Waals surface area contributed by atoms with Crippen LogP contribution in [0.25, 0.3) is 0 Å². The van der Waals surface area contributed by atoms with Gasteiger partial charge in [-0.25, -0.2) is 0 Å². The van der Waals surface area contributed by atoms with Crippen LogP contribution in [-0.2, 0) is 15.3 Å². The molecule has 0 bridgehead atoms. The number of carbonyl (C=O) groups excluding carboxylic acids is 1. The molecule has 0 saturated carbocycles. The molecule has 0 spiro atoms. The van der Waals surface area contributed by atoms with Gasteiger partial charge in [0.25, 0.3) is 0 Å². The van der Waals surface area contributed by atoms with Gasteiger partial charge in [-0.1, -0.05) is 12.1 Å². The summed E-state index contributed by atoms with van der Waals surface area (Å²) < 4.78 is 0. The molecule has 0 aliphatic heterocycles. The lowest BCUT2D eigenvalue weighted by Gasteiger charge is -2.18. The summed E-state index contributed by atoms with van der Waals surface area (Å²) in [5.74, 6) is 0.0598. The number of carboxylic acids is 1. The molecule has 118 valence electrons. The van der Waals surface area contributed by atoms with Crippen LogP contribution < -0.4 is 5.32 Å². The molecule has 0 radical (unpaired) electrons. The van der Waals surface area contributed by atoms with Crippen molar-refractivity contribution in [3.63, 3.8) is 0 Å². The van der Waals surface area contributed by atoms with E-state index in [1.54, 1.807) is 26.0 Å². The molecule has 0 unspecified atom stereocenters. The molecular weight excluding hydrogens is 300 g/mol. The van der Waals surface area contributed by atoms with E-state index in [1.807, 2.05) is 12.1 Å². The van der Waals surface area contributed by atoms with Crippen molar-refractivity contribution in [2.45, 2.75) is 26.0 Å². The third-order valence-corrected chi connectivity index (χ3v) is 4.24. The van der Waals surface area contributed by atoms with Gasteiger partial charge in [0.15, 0.2) is 0 Å². The smallest absolute Gasteiger partial charge is 0.309 e. The first-order valence-corrected chi connectivity index (χ1v) is 8.07. The predicted octanol–water partition coefficient (Wildman–Crippen LogP) is 2.41. The maximum Gasteiger partial charge on any atom is 0.309 e. The quantitative estimate of drug-likeness (QED) is 0.767. The monoisotopic (exact) mass is 320 g/mol. The molecule has 22 heavy (non-hydrogen) atoms. The second-order valence-corrected chi connectivity index (χ2v) is 6.58. The molecule has 1 aromatic rings. The first kappa shape index (κ1) is 18.1. The molecule has 1 amide bonds. The molecule has 0 fully saturated rings. The number of carbonyl (C=O) groups is 2. The molecule has 1 aromatic carbocycles. The summed E-state index contributed by atoms with van der Waals surface area (Å²) in [7, 11) is 0. The Morgan fingerprint density at radius 3 is 2.50 bits per heavy atom. The summed E-state index contributed by atoms with van der Waals surface area (Å²) in [5, 5.41) is 20.4. The van der Waals surface area contributed by atoms with Crippen molar-refractivity contribution >= 4 is 23.6 Å². The highest BCUT2D eigenvalue weighted by Gasteiger charge is 2.26. The highest BCUT2D eigenvalue weighted by Crippen LogP contribution is 2.19. The zero-order valence-electron chi connectivity index (χ0n) is 12.8. The highest BCUT2D eigenvalue weighted by atomic mass is 32.2. The second kappa shape index (κ2) is 8.44. The van der Waals surface area contributed by atoms with Crippen LogP contribution in [-0.4, -0.2) is 29.3 Å². The van der Waals surface area contributed by atoms with Crippen molar-refractivity contribution < 1.29 is 14.7 Å². The zero-order valence-corrected chi connectivity index (χ0v) is 13.6. The molecule has 5 nitrogen and oxygen atoms in total. The number of nitrogens with zero attached hydrogens (tertiary/aromatic N) is 1. The normalized spacial score (nSPS) is 10.8. The first-order chi connectivity index (χ1) is 10.3. The summed E-state index contributed by atoms with van der Waals surface area (Å²) in [6, 6.07) is 9.31. The lowest BCUT2D eigenvalue weighted by atomic mass is 9.90. The molecule has 0 atom stereocenters. The number of carboxylic acid groups (broad SMARTS) is 1. The third-order valence-electron chi connectivity index (χ3n) is 3.24. The second-order valence-electron chi connectivity index (χ2n) is 5.59. The van der Waals surface area contributed by atoms with Gasteiger partial charge >= 0.3 is 5.97 Å². The fourth-order valence-electron chi connectivity index (χ4n) is 1.61. The standard InChI is InChI=1S/C16H20N2O3S/c1-16(2,15(20)21)7-8-18-14(19)11-22-10-13-5-3-12(9-17)4-6-13/h3-6H,7-8,10-11H2,1-2H3,(H,18,19)(H,20,21). The number of thioether (sulfide) groups is 1. The fourth-order valence-corrected chi connectivity index (χ4v) is 2.43. The SMILES string of the molecule is CC(C)(CCNC(=O)CSCc1ccc(C#N)cc1)C(=O)O. The minimum Gasteiger partial charge on any atom is -0.481 e. The van der Waals surface area contributed by atoms with Crippen LogP contribution in [0.4, 0.5) is 0 Å². The van der Waals surface area contributed by atoms with E-state index in [1.165, 1.54) is 11.8 Å². The Morgan fingerprint density at radius 1 is 1.32 bits per heavy atom. The molecule has 6 heteroatoms. The van der Waals surface area contributed by atoms with Crippen molar-refractivity contribution in [1.29, 1.82) is 5.26 Å². The Kier molecular flexibility index (Phi) is 6.93. The van der Waals surface area contributed by atoms with Gasteiger partial charge in [0.2, 0.25) is 5.91 Å². The van der Waals surface area contributed by atoms with Crippen molar-refractivity contribution in [3.05, 3.63) is 35.4 Å². The van der Waals surface area contributed by atoms with Gasteiger partial charge in [0.05, 0.1) is 22.8 Å². The first-order valence-electron chi connectivity index (χ1n) is 6.92. The van der Waals surface area contributed by atoms with Crippen molar-refractivity contribution in [1.82, 2.24) is 5.32 Å². The predicted molar refractivity (Wildman–Crippen MR) is 86.4 cm³/mol. The van der Waals surface area contributed by atoms with Crippen LogP contribution in [0.1, 0.15) is 31.4 Å². The number of nitrogens with one attached hydrogen (secondary N) is 1. The van der Waals surface area contributed by atoms with Crippen LogP contribution in [0.15, 0.2) is 24.3 Å². The molecule has 0 saturated heterocycles. The zero-order chi connectivity index (χ0) is 16.6. The number of hydrogen-bond donors (Lipinski definition) is 2. The summed E-state index contributed by atoms with van der Waals surface area (Å²) in [6.45, 7) is 3.64. The van der Waals surface area contributed by atoms with Crippen LogP contribution >= 0.6 is 11.8 Å².